The second-order valence-electron chi connectivity index (χ2n) is 3.28. The summed E-state index contributed by atoms with van der Waals surface area (Å²) in [6, 6.07) is 2.79. The summed E-state index contributed by atoms with van der Waals surface area (Å²) >= 11 is 0. The lowest BCUT2D eigenvalue weighted by Crippen LogP contribution is -2.35. The molecule has 78 valence electrons. The minimum absolute atomic E-state index is 0.0666. The number of hydrogen-bond acceptors (Lipinski definition) is 1. The molecule has 0 spiro atoms. The van der Waals surface area contributed by atoms with Gasteiger partial charge in [0, 0.05) is 0 Å². The van der Waals surface area contributed by atoms with Gasteiger partial charge < -0.3 is 17.7 Å². The molecule has 0 fully saturated rings. The van der Waals surface area contributed by atoms with Crippen molar-refractivity contribution in [1.82, 2.24) is 0 Å². The lowest BCUT2D eigenvalue weighted by atomic mass is 9.77. The van der Waals surface area contributed by atoms with Crippen LogP contribution >= 0.6 is 0 Å². The second kappa shape index (κ2) is 3.56. The van der Waals surface area contributed by atoms with Gasteiger partial charge in [0.05, 0.1) is 12.9 Å². The van der Waals surface area contributed by atoms with Gasteiger partial charge in [0.15, 0.2) is 0 Å². The number of ether oxygens (including phenoxy) is 1. The van der Waals surface area contributed by atoms with Gasteiger partial charge in [-0.25, -0.2) is 0 Å². The number of hydrogen-bond donors (Lipinski definition) is 0. The summed E-state index contributed by atoms with van der Waals surface area (Å²) in [7, 11) is 1.25. The molecule has 14 heavy (non-hydrogen) atoms. The first-order chi connectivity index (χ1) is 6.36. The fourth-order valence-corrected chi connectivity index (χ4v) is 1.51. The third-order valence-electron chi connectivity index (χ3n) is 2.00. The molecule has 0 bridgehead atoms. The molecule has 0 aliphatic heterocycles. The molecule has 5 heteroatoms. The molecular weight excluding hydrogens is 192 g/mol. The largest absolute Gasteiger partial charge is 0.513 e. The zero-order chi connectivity index (χ0) is 10.9. The van der Waals surface area contributed by atoms with Crippen LogP contribution < -0.4 is 10.2 Å². The van der Waals surface area contributed by atoms with E-state index in [0.29, 0.717) is 11.1 Å². The number of halogens is 3. The summed E-state index contributed by atoms with van der Waals surface area (Å²) in [5.74, 6) is -0.0666. The molecule has 0 heterocycles. The maximum absolute atomic E-state index is 12.6. The quantitative estimate of drug-likeness (QED) is 0.670. The van der Waals surface area contributed by atoms with Crippen LogP contribution in [0.15, 0.2) is 12.1 Å². The highest BCUT2D eigenvalue weighted by molar-refractivity contribution is 6.74. The zero-order valence-corrected chi connectivity index (χ0v) is 8.27. The van der Waals surface area contributed by atoms with Crippen molar-refractivity contribution >= 4 is 12.4 Å². The van der Waals surface area contributed by atoms with Gasteiger partial charge in [-0.1, -0.05) is 23.2 Å². The Labute approximate surface area is 80.9 Å². The van der Waals surface area contributed by atoms with Crippen molar-refractivity contribution in [3.63, 3.8) is 0 Å². The van der Waals surface area contributed by atoms with E-state index in [4.69, 9.17) is 4.74 Å². The van der Waals surface area contributed by atoms with Crippen molar-refractivity contribution in [3.05, 3.63) is 23.3 Å². The maximum Gasteiger partial charge on any atom is 0.513 e. The highest BCUT2D eigenvalue weighted by atomic mass is 19.4. The monoisotopic (exact) mass is 203 g/mol. The van der Waals surface area contributed by atoms with Crippen molar-refractivity contribution < 1.29 is 17.7 Å². The summed E-state index contributed by atoms with van der Waals surface area (Å²) in [4.78, 5) is 0. The Hall–Kier alpha value is -1.13. The van der Waals surface area contributed by atoms with Crippen LogP contribution in [0.5, 0.6) is 5.75 Å². The summed E-state index contributed by atoms with van der Waals surface area (Å²) < 4.78 is 42.5. The standard InChI is InChI=1S/C9H11BF3O/c1-6-4-7(2)9(14-3)8(5-6)10(11,12)13/h4-5H,1-3H3/q-1. The van der Waals surface area contributed by atoms with E-state index >= 15 is 0 Å². The summed E-state index contributed by atoms with van der Waals surface area (Å²) in [6.07, 6.45) is 0. The molecule has 1 aromatic rings. The van der Waals surface area contributed by atoms with E-state index < -0.39 is 12.4 Å². The lowest BCUT2D eigenvalue weighted by molar-refractivity contribution is 0.409. The first kappa shape index (κ1) is 11.0. The number of aryl methyl sites for hydroxylation is 2. The topological polar surface area (TPSA) is 9.23 Å². The van der Waals surface area contributed by atoms with Gasteiger partial charge in [0.1, 0.15) is 0 Å². The predicted octanol–water partition coefficient (Wildman–Crippen LogP) is 2.37. The molecule has 0 saturated heterocycles. The Morgan fingerprint density at radius 3 is 2.14 bits per heavy atom. The van der Waals surface area contributed by atoms with E-state index in [9.17, 15) is 12.9 Å². The van der Waals surface area contributed by atoms with Crippen LogP contribution in [-0.2, 0) is 0 Å². The van der Waals surface area contributed by atoms with Gasteiger partial charge in [0.25, 0.3) is 0 Å². The van der Waals surface area contributed by atoms with Crippen LogP contribution in [0.3, 0.4) is 0 Å². The van der Waals surface area contributed by atoms with E-state index in [2.05, 4.69) is 0 Å². The highest BCUT2D eigenvalue weighted by Crippen LogP contribution is 2.22. The molecule has 0 aliphatic carbocycles. The Morgan fingerprint density at radius 1 is 1.14 bits per heavy atom. The van der Waals surface area contributed by atoms with E-state index in [1.807, 2.05) is 0 Å². The lowest BCUT2D eigenvalue weighted by Gasteiger charge is -2.21. The van der Waals surface area contributed by atoms with Crippen LogP contribution in [0, 0.1) is 13.8 Å². The average Bonchev–Trinajstić information content (AvgIpc) is 2.01. The Bertz CT molecular complexity index is 347. The molecule has 0 N–H and O–H groups in total. The van der Waals surface area contributed by atoms with E-state index in [1.54, 1.807) is 19.9 Å². The minimum atomic E-state index is -5.00. The molecule has 0 atom stereocenters. The Morgan fingerprint density at radius 2 is 1.71 bits per heavy atom. The van der Waals surface area contributed by atoms with Crippen molar-refractivity contribution in [1.29, 1.82) is 0 Å². The fraction of sp³-hybridized carbons (Fsp3) is 0.333. The number of benzene rings is 1. The number of methoxy groups -OCH3 is 1. The first-order valence-electron chi connectivity index (χ1n) is 4.21. The minimum Gasteiger partial charge on any atom is -0.499 e. The molecule has 1 rings (SSSR count). The van der Waals surface area contributed by atoms with E-state index in [0.717, 1.165) is 6.07 Å². The van der Waals surface area contributed by atoms with Gasteiger partial charge in [-0.2, -0.15) is 0 Å². The van der Waals surface area contributed by atoms with Gasteiger partial charge in [0.2, 0.25) is 0 Å². The van der Waals surface area contributed by atoms with Crippen LogP contribution in [0.4, 0.5) is 12.9 Å². The molecule has 0 radical (unpaired) electrons. The predicted molar refractivity (Wildman–Crippen MR) is 51.2 cm³/mol. The Kier molecular flexibility index (Phi) is 2.78. The maximum atomic E-state index is 12.6. The molecule has 0 saturated carbocycles. The molecule has 0 aliphatic rings. The summed E-state index contributed by atoms with van der Waals surface area (Å²) in [6.45, 7) is -1.76. The fourth-order valence-electron chi connectivity index (χ4n) is 1.51. The number of rotatable bonds is 2. The summed E-state index contributed by atoms with van der Waals surface area (Å²) in [5, 5.41) is 0. The first-order valence-corrected chi connectivity index (χ1v) is 4.21. The third-order valence-corrected chi connectivity index (χ3v) is 2.00. The van der Waals surface area contributed by atoms with Gasteiger partial charge in [-0.05, 0) is 19.4 Å². The van der Waals surface area contributed by atoms with Crippen LogP contribution in [0.1, 0.15) is 11.1 Å². The molecule has 0 amide bonds. The van der Waals surface area contributed by atoms with E-state index in [1.165, 1.54) is 7.11 Å². The zero-order valence-electron chi connectivity index (χ0n) is 8.27. The SMILES string of the molecule is COc1c(C)cc(C)cc1[B-](F)(F)F. The molecule has 1 aromatic carbocycles. The normalized spacial score (nSPS) is 11.6. The van der Waals surface area contributed by atoms with Gasteiger partial charge in [-0.3, -0.25) is 0 Å². The van der Waals surface area contributed by atoms with Crippen LogP contribution in [0.25, 0.3) is 0 Å². The van der Waals surface area contributed by atoms with Crippen LogP contribution in [0.2, 0.25) is 0 Å². The highest BCUT2D eigenvalue weighted by Gasteiger charge is 2.30. The van der Waals surface area contributed by atoms with E-state index in [-0.39, 0.29) is 5.75 Å². The van der Waals surface area contributed by atoms with Crippen LogP contribution in [-0.4, -0.2) is 14.1 Å². The summed E-state index contributed by atoms with van der Waals surface area (Å²) in [5.41, 5.74) is 0.462. The Balaban J connectivity index is 3.40. The average molecular weight is 203 g/mol. The van der Waals surface area contributed by atoms with Crippen molar-refractivity contribution in [2.75, 3.05) is 7.11 Å². The second-order valence-corrected chi connectivity index (χ2v) is 3.28. The third kappa shape index (κ3) is 2.03. The van der Waals surface area contributed by atoms with Gasteiger partial charge in [-0.15, -0.1) is 0 Å². The molecule has 1 nitrogen and oxygen atoms in total. The van der Waals surface area contributed by atoms with Crippen molar-refractivity contribution in [3.8, 4) is 5.75 Å². The molecule has 0 unspecified atom stereocenters. The molecule has 0 aromatic heterocycles. The van der Waals surface area contributed by atoms with Gasteiger partial charge >= 0.3 is 6.98 Å². The molecular formula is C9H11BF3O-. The smallest absolute Gasteiger partial charge is 0.499 e. The van der Waals surface area contributed by atoms with Crippen molar-refractivity contribution in [2.45, 2.75) is 13.8 Å². The van der Waals surface area contributed by atoms with Crippen molar-refractivity contribution in [2.24, 2.45) is 0 Å².